The smallest absolute Gasteiger partial charge is 0.236 e. The van der Waals surface area contributed by atoms with Crippen LogP contribution in [0.4, 0.5) is 0 Å². The van der Waals surface area contributed by atoms with E-state index in [1.54, 1.807) is 12.1 Å². The summed E-state index contributed by atoms with van der Waals surface area (Å²) < 4.78 is 17.1. The summed E-state index contributed by atoms with van der Waals surface area (Å²) in [7, 11) is 0. The Kier molecular flexibility index (Phi) is 4.69. The molecule has 0 aliphatic carbocycles. The fraction of sp³-hybridized carbons (Fsp3) is 0.611. The molecular formula is C18H25N3O4. The summed E-state index contributed by atoms with van der Waals surface area (Å²) in [5, 5.41) is 8.94. The third-order valence-electron chi connectivity index (χ3n) is 3.74. The zero-order valence-electron chi connectivity index (χ0n) is 15.2. The van der Waals surface area contributed by atoms with Crippen LogP contribution in [0.3, 0.4) is 0 Å². The highest BCUT2D eigenvalue weighted by Gasteiger charge is 2.31. The Bertz CT molecular complexity index is 658. The molecule has 7 nitrogen and oxygen atoms in total. The van der Waals surface area contributed by atoms with Gasteiger partial charge in [-0.1, -0.05) is 0 Å². The summed E-state index contributed by atoms with van der Waals surface area (Å²) in [5.74, 6) is 1.62. The lowest BCUT2D eigenvalue weighted by Gasteiger charge is -2.10. The molecule has 0 bridgehead atoms. The van der Waals surface area contributed by atoms with Crippen LogP contribution in [0.5, 0.6) is 5.75 Å². The van der Waals surface area contributed by atoms with Crippen LogP contribution in [0.2, 0.25) is 0 Å². The number of nitrogens with zero attached hydrogens (tertiary/aromatic N) is 3. The fourth-order valence-corrected chi connectivity index (χ4v) is 2.49. The number of ether oxygens (including phenoxy) is 3. The van der Waals surface area contributed by atoms with Gasteiger partial charge < -0.3 is 19.3 Å². The number of hydrogen-bond donors (Lipinski definition) is 1. The van der Waals surface area contributed by atoms with Crippen LogP contribution in [0, 0.1) is 0 Å². The molecule has 0 atom stereocenters. The molecule has 7 heteroatoms. The first-order chi connectivity index (χ1) is 11.8. The van der Waals surface area contributed by atoms with Gasteiger partial charge in [0.15, 0.2) is 0 Å². The molecule has 25 heavy (non-hydrogen) atoms. The van der Waals surface area contributed by atoms with Gasteiger partial charge >= 0.3 is 0 Å². The Labute approximate surface area is 147 Å². The number of rotatable bonds is 6. The molecule has 2 aliphatic heterocycles. The molecule has 1 N–H and O–H groups in total. The van der Waals surface area contributed by atoms with E-state index in [0.29, 0.717) is 55.2 Å². The summed E-state index contributed by atoms with van der Waals surface area (Å²) >= 11 is 0. The van der Waals surface area contributed by atoms with Crippen LogP contribution in [-0.2, 0) is 9.47 Å². The van der Waals surface area contributed by atoms with E-state index in [0.717, 1.165) is 0 Å². The molecule has 136 valence electrons. The van der Waals surface area contributed by atoms with E-state index in [-0.39, 0.29) is 17.7 Å². The van der Waals surface area contributed by atoms with Gasteiger partial charge in [0.1, 0.15) is 30.4 Å². The normalized spacial score (nSPS) is 20.5. The molecule has 0 aromatic carbocycles. The number of aliphatic hydroxyl groups excluding tert-OH is 1. The topological polar surface area (TPSA) is 85.5 Å². The van der Waals surface area contributed by atoms with E-state index in [4.69, 9.17) is 19.3 Å². The molecule has 1 aromatic heterocycles. The minimum atomic E-state index is -0.270. The summed E-state index contributed by atoms with van der Waals surface area (Å²) in [4.78, 5) is 13.8. The summed E-state index contributed by atoms with van der Waals surface area (Å²) in [6.07, 6.45) is 0.557. The van der Waals surface area contributed by atoms with Crippen molar-refractivity contribution in [2.75, 3.05) is 26.4 Å². The lowest BCUT2D eigenvalue weighted by molar-refractivity contribution is 0.233. The minimum absolute atomic E-state index is 0.0822. The van der Waals surface area contributed by atoms with Crippen LogP contribution in [0.15, 0.2) is 22.1 Å². The second-order valence-electron chi connectivity index (χ2n) is 7.54. The van der Waals surface area contributed by atoms with Gasteiger partial charge in [0.05, 0.1) is 17.7 Å². The van der Waals surface area contributed by atoms with Crippen molar-refractivity contribution in [3.8, 4) is 5.75 Å². The maximum atomic E-state index is 8.94. The van der Waals surface area contributed by atoms with Gasteiger partial charge in [0.2, 0.25) is 11.8 Å². The number of pyridine rings is 1. The average molecular weight is 347 g/mol. The quantitative estimate of drug-likeness (QED) is 0.795. The molecule has 0 saturated carbocycles. The molecule has 0 fully saturated rings. The van der Waals surface area contributed by atoms with Gasteiger partial charge in [-0.3, -0.25) is 0 Å². The Balaban J connectivity index is 1.95. The predicted octanol–water partition coefficient (Wildman–Crippen LogP) is 1.95. The third-order valence-corrected chi connectivity index (χ3v) is 3.74. The lowest BCUT2D eigenvalue weighted by atomic mass is 10.1. The first-order valence-electron chi connectivity index (χ1n) is 8.50. The van der Waals surface area contributed by atoms with E-state index in [1.165, 1.54) is 0 Å². The molecule has 0 unspecified atom stereocenters. The highest BCUT2D eigenvalue weighted by atomic mass is 16.5. The molecule has 1 aromatic rings. The molecule has 0 amide bonds. The fourth-order valence-electron chi connectivity index (χ4n) is 2.49. The molecule has 2 aliphatic rings. The van der Waals surface area contributed by atoms with Gasteiger partial charge in [-0.05, 0) is 27.7 Å². The van der Waals surface area contributed by atoms with E-state index >= 15 is 0 Å². The van der Waals surface area contributed by atoms with Crippen molar-refractivity contribution in [2.45, 2.75) is 45.2 Å². The van der Waals surface area contributed by atoms with Crippen LogP contribution >= 0.6 is 0 Å². The van der Waals surface area contributed by atoms with Crippen molar-refractivity contribution in [2.24, 2.45) is 9.98 Å². The van der Waals surface area contributed by atoms with Crippen molar-refractivity contribution in [3.05, 3.63) is 23.5 Å². The number of aliphatic hydroxyl groups is 1. The van der Waals surface area contributed by atoms with E-state index < -0.39 is 0 Å². The monoisotopic (exact) mass is 347 g/mol. The minimum Gasteiger partial charge on any atom is -0.493 e. The average Bonchev–Trinajstić information content (AvgIpc) is 3.09. The summed E-state index contributed by atoms with van der Waals surface area (Å²) in [5.41, 5.74) is 0.652. The summed E-state index contributed by atoms with van der Waals surface area (Å²) in [6.45, 7) is 9.56. The molecular weight excluding hydrogens is 322 g/mol. The lowest BCUT2D eigenvalue weighted by Crippen LogP contribution is -2.17. The Morgan fingerprint density at radius 2 is 1.52 bits per heavy atom. The second kappa shape index (κ2) is 6.63. The van der Waals surface area contributed by atoms with Gasteiger partial charge in [0, 0.05) is 25.2 Å². The maximum Gasteiger partial charge on any atom is 0.236 e. The van der Waals surface area contributed by atoms with Crippen molar-refractivity contribution < 1.29 is 19.3 Å². The summed E-state index contributed by atoms with van der Waals surface area (Å²) in [6, 6.07) is 3.59. The van der Waals surface area contributed by atoms with Crippen molar-refractivity contribution >= 4 is 11.8 Å². The first-order valence-corrected chi connectivity index (χ1v) is 8.50. The van der Waals surface area contributed by atoms with Gasteiger partial charge in [-0.15, -0.1) is 0 Å². The second-order valence-corrected chi connectivity index (χ2v) is 7.54. The zero-order chi connectivity index (χ0) is 18.1. The Hall–Kier alpha value is -2.15. The molecule has 3 heterocycles. The SMILES string of the molecule is CC1(C)COC(c2cc(OCCCO)cc(C3=NC(C)(C)CO3)n2)=N1. The highest BCUT2D eigenvalue weighted by molar-refractivity contribution is 5.98. The Morgan fingerprint density at radius 3 is 1.92 bits per heavy atom. The van der Waals surface area contributed by atoms with Crippen molar-refractivity contribution in [1.82, 2.24) is 4.98 Å². The van der Waals surface area contributed by atoms with Gasteiger partial charge in [0.25, 0.3) is 0 Å². The number of aliphatic imine (C=N–C) groups is 2. The standard InChI is InChI=1S/C18H25N3O4/c1-17(2)10-24-15(20-17)13-8-12(23-7-5-6-22)9-14(19-13)16-21-18(3,4)11-25-16/h8-9,22H,5-7,10-11H2,1-4H3. The third kappa shape index (κ3) is 4.28. The molecule has 0 saturated heterocycles. The first kappa shape index (κ1) is 17.7. The largest absolute Gasteiger partial charge is 0.493 e. The van der Waals surface area contributed by atoms with E-state index in [9.17, 15) is 0 Å². The molecule has 0 radical (unpaired) electrons. The predicted molar refractivity (Wildman–Crippen MR) is 94.6 cm³/mol. The van der Waals surface area contributed by atoms with Crippen molar-refractivity contribution in [1.29, 1.82) is 0 Å². The van der Waals surface area contributed by atoms with Crippen LogP contribution in [-0.4, -0.2) is 59.4 Å². The highest BCUT2D eigenvalue weighted by Crippen LogP contribution is 2.25. The molecule has 0 spiro atoms. The number of aromatic nitrogens is 1. The Morgan fingerprint density at radius 1 is 1.00 bits per heavy atom. The van der Waals surface area contributed by atoms with Crippen LogP contribution in [0.1, 0.15) is 45.5 Å². The maximum absolute atomic E-state index is 8.94. The zero-order valence-corrected chi connectivity index (χ0v) is 15.2. The number of hydrogen-bond acceptors (Lipinski definition) is 7. The van der Waals surface area contributed by atoms with E-state index in [1.807, 2.05) is 27.7 Å². The van der Waals surface area contributed by atoms with Crippen LogP contribution < -0.4 is 4.74 Å². The van der Waals surface area contributed by atoms with Crippen molar-refractivity contribution in [3.63, 3.8) is 0 Å². The van der Waals surface area contributed by atoms with Crippen LogP contribution in [0.25, 0.3) is 0 Å². The van der Waals surface area contributed by atoms with E-state index in [2.05, 4.69) is 15.0 Å². The van der Waals surface area contributed by atoms with Gasteiger partial charge in [-0.25, -0.2) is 15.0 Å². The molecule has 3 rings (SSSR count). The van der Waals surface area contributed by atoms with Gasteiger partial charge in [-0.2, -0.15) is 0 Å².